The first-order valence-corrected chi connectivity index (χ1v) is 8.73. The van der Waals surface area contributed by atoms with Gasteiger partial charge in [-0.3, -0.25) is 0 Å². The summed E-state index contributed by atoms with van der Waals surface area (Å²) in [4.78, 5) is 0. The van der Waals surface area contributed by atoms with E-state index in [0.717, 1.165) is 11.3 Å². The third kappa shape index (κ3) is 6.44. The average Bonchev–Trinajstić information content (AvgIpc) is 2.65. The first kappa shape index (κ1) is 21.6. The van der Waals surface area contributed by atoms with Crippen molar-refractivity contribution < 1.29 is 24.8 Å². The lowest BCUT2D eigenvalue weighted by atomic mass is 9.82. The molecule has 0 spiro atoms. The maximum absolute atomic E-state index is 10.6. The summed E-state index contributed by atoms with van der Waals surface area (Å²) in [5.74, 6) is 0.122. The summed E-state index contributed by atoms with van der Waals surface area (Å²) in [6.07, 6.45) is 1.15. The Morgan fingerprint density at radius 2 is 1.76 bits per heavy atom. The molecule has 5 atom stereocenters. The van der Waals surface area contributed by atoms with Gasteiger partial charge >= 0.3 is 0 Å². The standard InChI is InChI=1S/C20H32O5/c1-5-6-17(12-22)19(23)15(3)20(14(2)11-21)25-13-16-7-9-18(24-4)10-8-16/h5,7-10,14-15,17,19-23H,1,6,11-13H2,2-4H3/t14-,15+,17-,19+,20-/m1/s1. The van der Waals surface area contributed by atoms with Gasteiger partial charge in [-0.2, -0.15) is 0 Å². The van der Waals surface area contributed by atoms with Gasteiger partial charge in [0.25, 0.3) is 0 Å². The van der Waals surface area contributed by atoms with Gasteiger partial charge in [0.15, 0.2) is 0 Å². The Labute approximate surface area is 150 Å². The number of aliphatic hydroxyl groups is 3. The number of rotatable bonds is 12. The molecular formula is C20H32O5. The molecule has 142 valence electrons. The van der Waals surface area contributed by atoms with Gasteiger partial charge in [-0.15, -0.1) is 6.58 Å². The fraction of sp³-hybridized carbons (Fsp3) is 0.600. The van der Waals surface area contributed by atoms with E-state index < -0.39 is 6.10 Å². The molecule has 0 aliphatic carbocycles. The van der Waals surface area contributed by atoms with Crippen LogP contribution in [0.25, 0.3) is 0 Å². The molecule has 1 aromatic rings. The molecule has 5 heteroatoms. The first-order valence-electron chi connectivity index (χ1n) is 8.73. The number of allylic oxidation sites excluding steroid dienone is 1. The van der Waals surface area contributed by atoms with E-state index in [1.807, 2.05) is 38.1 Å². The van der Waals surface area contributed by atoms with Crippen molar-refractivity contribution in [1.29, 1.82) is 0 Å². The highest BCUT2D eigenvalue weighted by Gasteiger charge is 2.33. The lowest BCUT2D eigenvalue weighted by molar-refractivity contribution is -0.0909. The summed E-state index contributed by atoms with van der Waals surface area (Å²) in [5.41, 5.74) is 0.988. The second-order valence-electron chi connectivity index (χ2n) is 6.60. The minimum atomic E-state index is -0.738. The average molecular weight is 352 g/mol. The molecular weight excluding hydrogens is 320 g/mol. The molecule has 25 heavy (non-hydrogen) atoms. The predicted octanol–water partition coefficient (Wildman–Crippen LogP) is 2.39. The molecule has 0 unspecified atom stereocenters. The molecule has 0 saturated heterocycles. The van der Waals surface area contributed by atoms with E-state index in [9.17, 15) is 15.3 Å². The zero-order chi connectivity index (χ0) is 18.8. The van der Waals surface area contributed by atoms with Gasteiger partial charge in [-0.05, 0) is 24.1 Å². The van der Waals surface area contributed by atoms with Crippen molar-refractivity contribution in [2.24, 2.45) is 17.8 Å². The Hall–Kier alpha value is -1.40. The van der Waals surface area contributed by atoms with Gasteiger partial charge in [0.05, 0.1) is 25.9 Å². The van der Waals surface area contributed by atoms with Crippen molar-refractivity contribution in [2.45, 2.75) is 39.1 Å². The minimum absolute atomic E-state index is 0.0322. The van der Waals surface area contributed by atoms with Gasteiger partial charge in [-0.25, -0.2) is 0 Å². The maximum Gasteiger partial charge on any atom is 0.118 e. The number of hydrogen-bond donors (Lipinski definition) is 3. The van der Waals surface area contributed by atoms with Crippen LogP contribution in [0.4, 0.5) is 0 Å². The molecule has 0 aliphatic rings. The molecule has 0 fully saturated rings. The van der Waals surface area contributed by atoms with Gasteiger partial charge in [0.2, 0.25) is 0 Å². The predicted molar refractivity (Wildman–Crippen MR) is 98.4 cm³/mol. The fourth-order valence-corrected chi connectivity index (χ4v) is 3.01. The van der Waals surface area contributed by atoms with E-state index >= 15 is 0 Å². The van der Waals surface area contributed by atoms with Crippen LogP contribution < -0.4 is 4.74 Å². The second kappa shape index (κ2) is 11.3. The van der Waals surface area contributed by atoms with Crippen molar-refractivity contribution in [1.82, 2.24) is 0 Å². The molecule has 0 amide bonds. The van der Waals surface area contributed by atoms with Crippen LogP contribution in [-0.2, 0) is 11.3 Å². The van der Waals surface area contributed by atoms with Crippen LogP contribution in [0.1, 0.15) is 25.8 Å². The Morgan fingerprint density at radius 3 is 2.24 bits per heavy atom. The van der Waals surface area contributed by atoms with E-state index in [1.54, 1.807) is 13.2 Å². The van der Waals surface area contributed by atoms with Crippen molar-refractivity contribution in [2.75, 3.05) is 20.3 Å². The van der Waals surface area contributed by atoms with E-state index in [0.29, 0.717) is 13.0 Å². The summed E-state index contributed by atoms with van der Waals surface area (Å²) < 4.78 is 11.2. The molecule has 1 rings (SSSR count). The van der Waals surface area contributed by atoms with Crippen molar-refractivity contribution in [3.63, 3.8) is 0 Å². The second-order valence-corrected chi connectivity index (χ2v) is 6.60. The van der Waals surface area contributed by atoms with Crippen LogP contribution in [0.2, 0.25) is 0 Å². The van der Waals surface area contributed by atoms with Gasteiger partial charge in [0, 0.05) is 31.0 Å². The zero-order valence-electron chi connectivity index (χ0n) is 15.5. The molecule has 0 saturated carbocycles. The Kier molecular flexibility index (Phi) is 9.75. The first-order chi connectivity index (χ1) is 12.0. The largest absolute Gasteiger partial charge is 0.497 e. The highest BCUT2D eigenvalue weighted by atomic mass is 16.5. The minimum Gasteiger partial charge on any atom is -0.497 e. The molecule has 0 bridgehead atoms. The summed E-state index contributed by atoms with van der Waals surface area (Å²) in [7, 11) is 1.62. The number of aliphatic hydroxyl groups excluding tert-OH is 3. The molecule has 0 aliphatic heterocycles. The topological polar surface area (TPSA) is 79.2 Å². The van der Waals surface area contributed by atoms with Gasteiger partial charge in [0.1, 0.15) is 5.75 Å². The summed E-state index contributed by atoms with van der Waals surface area (Å²) in [6, 6.07) is 7.59. The summed E-state index contributed by atoms with van der Waals surface area (Å²) in [6.45, 7) is 7.68. The fourth-order valence-electron chi connectivity index (χ4n) is 3.01. The maximum atomic E-state index is 10.6. The van der Waals surface area contributed by atoms with Crippen molar-refractivity contribution in [3.8, 4) is 5.75 Å². The highest BCUT2D eigenvalue weighted by Crippen LogP contribution is 2.27. The summed E-state index contributed by atoms with van der Waals surface area (Å²) >= 11 is 0. The van der Waals surface area contributed by atoms with Crippen LogP contribution in [0, 0.1) is 17.8 Å². The summed E-state index contributed by atoms with van der Waals surface area (Å²) in [5, 5.41) is 29.7. The van der Waals surface area contributed by atoms with Crippen LogP contribution in [-0.4, -0.2) is 47.9 Å². The highest BCUT2D eigenvalue weighted by molar-refractivity contribution is 5.26. The smallest absolute Gasteiger partial charge is 0.118 e. The third-order valence-corrected chi connectivity index (χ3v) is 4.69. The lowest BCUT2D eigenvalue weighted by Gasteiger charge is -2.34. The van der Waals surface area contributed by atoms with Crippen LogP contribution in [0.5, 0.6) is 5.75 Å². The van der Waals surface area contributed by atoms with E-state index in [4.69, 9.17) is 9.47 Å². The normalized spacial score (nSPS) is 17.4. The Bertz CT molecular complexity index is 487. The number of methoxy groups -OCH3 is 1. The third-order valence-electron chi connectivity index (χ3n) is 4.69. The quantitative estimate of drug-likeness (QED) is 0.504. The molecule has 0 heterocycles. The van der Waals surface area contributed by atoms with Crippen molar-refractivity contribution >= 4 is 0 Å². The number of hydrogen-bond acceptors (Lipinski definition) is 5. The van der Waals surface area contributed by atoms with Crippen LogP contribution >= 0.6 is 0 Å². The van der Waals surface area contributed by atoms with Crippen LogP contribution in [0.15, 0.2) is 36.9 Å². The number of ether oxygens (including phenoxy) is 2. The monoisotopic (exact) mass is 352 g/mol. The number of benzene rings is 1. The SMILES string of the molecule is C=CC[C@H](CO)[C@@H](O)[C@H](C)[C@H](OCc1ccc(OC)cc1)[C@H](C)CO. The van der Waals surface area contributed by atoms with Gasteiger partial charge in [-0.1, -0.05) is 32.1 Å². The molecule has 0 radical (unpaired) electrons. The molecule has 3 N–H and O–H groups in total. The van der Waals surface area contributed by atoms with Crippen LogP contribution in [0.3, 0.4) is 0 Å². The van der Waals surface area contributed by atoms with E-state index in [1.165, 1.54) is 0 Å². The van der Waals surface area contributed by atoms with E-state index in [-0.39, 0.29) is 37.1 Å². The van der Waals surface area contributed by atoms with E-state index in [2.05, 4.69) is 6.58 Å². The van der Waals surface area contributed by atoms with Gasteiger partial charge < -0.3 is 24.8 Å². The lowest BCUT2D eigenvalue weighted by Crippen LogP contribution is -2.41. The Morgan fingerprint density at radius 1 is 1.12 bits per heavy atom. The Balaban J connectivity index is 2.79. The zero-order valence-corrected chi connectivity index (χ0v) is 15.5. The molecule has 1 aromatic carbocycles. The van der Waals surface area contributed by atoms with Crippen molar-refractivity contribution in [3.05, 3.63) is 42.5 Å². The molecule has 5 nitrogen and oxygen atoms in total. The molecule has 0 aromatic heterocycles.